The fraction of sp³-hybridized carbons (Fsp3) is 0.286. The van der Waals surface area contributed by atoms with Crippen LogP contribution in [0.2, 0.25) is 39.3 Å². The fourth-order valence-corrected chi connectivity index (χ4v) is 42.9. The molecule has 9 rings (SSSR count). The van der Waals surface area contributed by atoms with Gasteiger partial charge in [0.05, 0.1) is 0 Å². The zero-order chi connectivity index (χ0) is 44.0. The number of benzene rings is 6. The van der Waals surface area contributed by atoms with Crippen molar-refractivity contribution in [2.24, 2.45) is 11.8 Å². The van der Waals surface area contributed by atoms with E-state index in [0.717, 1.165) is 12.8 Å². The molecule has 1 heterocycles. The zero-order valence-corrected chi connectivity index (χ0v) is 45.8. The summed E-state index contributed by atoms with van der Waals surface area (Å²) in [6.45, 7) is 24.3. The molecule has 317 valence electrons. The Morgan fingerprint density at radius 1 is 0.484 bits per heavy atom. The van der Waals surface area contributed by atoms with Crippen molar-refractivity contribution in [3.8, 4) is 33.4 Å². The van der Waals surface area contributed by atoms with Crippen LogP contribution in [0, 0.1) is 11.8 Å². The van der Waals surface area contributed by atoms with Crippen LogP contribution in [0.5, 0.6) is 0 Å². The SMILES string of the molecule is CC(C)CC1=Cc2c(-c3ccccc3[Si](C)(C)C)cccc2[CH]1[Zr]([Cl])([Cl])([c]1cccc2c1[SiH2]c1ccccc1-2)[CH]1C(CC(C)C)=Cc2c(-c3ccccc3[Si](C)(C)C)cccc21. The molecule has 2 atom stereocenters. The topological polar surface area (TPSA) is 0 Å². The van der Waals surface area contributed by atoms with Gasteiger partial charge in [-0.25, -0.2) is 0 Å². The Bertz CT molecular complexity index is 2670. The summed E-state index contributed by atoms with van der Waals surface area (Å²) in [5.41, 5.74) is 16.3. The van der Waals surface area contributed by atoms with Crippen molar-refractivity contribution in [3.05, 3.63) is 161 Å². The first-order valence-corrected chi connectivity index (χ1v) is 41.8. The second-order valence-corrected chi connectivity index (χ2v) is 54.0. The van der Waals surface area contributed by atoms with Crippen LogP contribution in [-0.4, -0.2) is 25.7 Å². The first kappa shape index (κ1) is 44.1. The molecule has 2 aliphatic carbocycles. The summed E-state index contributed by atoms with van der Waals surface area (Å²) in [4.78, 5) is 0. The summed E-state index contributed by atoms with van der Waals surface area (Å²) < 4.78 is 1.13. The Morgan fingerprint density at radius 3 is 1.35 bits per heavy atom. The molecule has 62 heavy (non-hydrogen) atoms. The molecular weight excluding hydrogens is 919 g/mol. The van der Waals surface area contributed by atoms with E-state index in [9.17, 15) is 17.0 Å². The van der Waals surface area contributed by atoms with Gasteiger partial charge < -0.3 is 0 Å². The molecule has 0 radical (unpaired) electrons. The number of hydrogen-bond donors (Lipinski definition) is 0. The van der Waals surface area contributed by atoms with Crippen molar-refractivity contribution in [2.45, 2.75) is 87.1 Å². The maximum absolute atomic E-state index is 9.50. The average molecular weight is 983 g/mol. The van der Waals surface area contributed by atoms with E-state index in [4.69, 9.17) is 0 Å². The van der Waals surface area contributed by atoms with E-state index < -0.39 is 42.1 Å². The van der Waals surface area contributed by atoms with Crippen LogP contribution in [0.15, 0.2) is 139 Å². The molecule has 0 saturated carbocycles. The summed E-state index contributed by atoms with van der Waals surface area (Å²) >= 11 is -5.70. The first-order chi connectivity index (χ1) is 29.4. The van der Waals surface area contributed by atoms with Crippen LogP contribution in [-0.2, 0) is 16.4 Å². The van der Waals surface area contributed by atoms with Gasteiger partial charge >= 0.3 is 388 Å². The second kappa shape index (κ2) is 16.1. The van der Waals surface area contributed by atoms with Gasteiger partial charge in [-0.15, -0.1) is 0 Å². The van der Waals surface area contributed by atoms with Gasteiger partial charge in [0.1, 0.15) is 0 Å². The Kier molecular flexibility index (Phi) is 11.5. The van der Waals surface area contributed by atoms with Gasteiger partial charge in [0.25, 0.3) is 0 Å². The molecule has 6 heteroatoms. The monoisotopic (exact) mass is 979 g/mol. The molecular formula is C56H63Cl2Si3Zr. The summed E-state index contributed by atoms with van der Waals surface area (Å²) in [6.07, 6.45) is 7.06. The predicted octanol–water partition coefficient (Wildman–Crippen LogP) is 13.2. The van der Waals surface area contributed by atoms with Gasteiger partial charge in [-0.05, 0) is 0 Å². The summed E-state index contributed by atoms with van der Waals surface area (Å²) in [5, 5.41) is 5.99. The van der Waals surface area contributed by atoms with Gasteiger partial charge in [-0.3, -0.25) is 0 Å². The molecule has 2 unspecified atom stereocenters. The average Bonchev–Trinajstić information content (AvgIpc) is 3.91. The van der Waals surface area contributed by atoms with Gasteiger partial charge in [0.2, 0.25) is 0 Å². The molecule has 0 fully saturated rings. The third-order valence-electron chi connectivity index (χ3n) is 14.1. The summed E-state index contributed by atoms with van der Waals surface area (Å²) in [7, 11) is 14.7. The second-order valence-electron chi connectivity index (χ2n) is 21.5. The van der Waals surface area contributed by atoms with E-state index in [2.05, 4.69) is 207 Å². The number of halogens is 2. The molecule has 0 bridgehead atoms. The zero-order valence-electron chi connectivity index (χ0n) is 38.5. The van der Waals surface area contributed by atoms with Crippen molar-refractivity contribution >= 4 is 78.9 Å². The van der Waals surface area contributed by atoms with Crippen molar-refractivity contribution in [3.63, 3.8) is 0 Å². The maximum atomic E-state index is 9.50. The van der Waals surface area contributed by atoms with Crippen molar-refractivity contribution in [1.29, 1.82) is 0 Å². The van der Waals surface area contributed by atoms with E-state index in [1.165, 1.54) is 90.8 Å². The molecule has 0 N–H and O–H groups in total. The number of allylic oxidation sites excluding steroid dienone is 2. The minimum atomic E-state index is -5.70. The minimum absolute atomic E-state index is 0.0928. The molecule has 6 aromatic carbocycles. The fourth-order valence-electron chi connectivity index (χ4n) is 11.8. The van der Waals surface area contributed by atoms with Crippen LogP contribution in [0.1, 0.15) is 70.0 Å². The first-order valence-electron chi connectivity index (χ1n) is 23.0. The van der Waals surface area contributed by atoms with E-state index in [1.54, 1.807) is 0 Å². The Balaban J connectivity index is 1.39. The van der Waals surface area contributed by atoms with E-state index in [0.29, 0.717) is 11.8 Å². The van der Waals surface area contributed by atoms with Crippen LogP contribution in [0.4, 0.5) is 0 Å². The van der Waals surface area contributed by atoms with Gasteiger partial charge in [0, 0.05) is 0 Å². The molecule has 3 aliphatic rings. The molecule has 0 saturated heterocycles. The van der Waals surface area contributed by atoms with E-state index in [1.807, 2.05) is 0 Å². The predicted molar refractivity (Wildman–Crippen MR) is 281 cm³/mol. The summed E-state index contributed by atoms with van der Waals surface area (Å²) in [6, 6.07) is 48.8. The van der Waals surface area contributed by atoms with Crippen molar-refractivity contribution in [2.75, 3.05) is 0 Å². The quantitative estimate of drug-likeness (QED) is 0.113. The van der Waals surface area contributed by atoms with Crippen molar-refractivity contribution in [1.82, 2.24) is 0 Å². The number of hydrogen-bond acceptors (Lipinski definition) is 0. The molecule has 0 amide bonds. The van der Waals surface area contributed by atoms with E-state index in [-0.39, 0.29) is 7.25 Å². The number of rotatable bonds is 11. The Hall–Kier alpha value is -3.09. The van der Waals surface area contributed by atoms with Crippen LogP contribution >= 0.6 is 17.0 Å². The van der Waals surface area contributed by atoms with Crippen LogP contribution < -0.4 is 24.0 Å². The molecule has 6 aromatic rings. The van der Waals surface area contributed by atoms with Crippen LogP contribution in [0.25, 0.3) is 45.5 Å². The molecule has 0 spiro atoms. The van der Waals surface area contributed by atoms with Gasteiger partial charge in [-0.1, -0.05) is 0 Å². The Morgan fingerprint density at radius 2 is 0.887 bits per heavy atom. The molecule has 0 aromatic heterocycles. The number of fused-ring (bicyclic) bond motifs is 5. The van der Waals surface area contributed by atoms with Crippen LogP contribution in [0.3, 0.4) is 0 Å². The Labute approximate surface area is 385 Å². The third-order valence-corrected chi connectivity index (χ3v) is 41.0. The van der Waals surface area contributed by atoms with Gasteiger partial charge in [-0.2, -0.15) is 0 Å². The standard InChI is InChI=1S/2C22H27Si.C12H9Si.2ClH.Zr/c2*1-16(2)13-17-14-18-9-8-11-19(21(18)15-17)20-10-6-7-12-22(20)23(3,4)5;1-3-7-11-9(5-1)10-6-2-4-8-12(10)13-11;;;/h2*6-12,14-16H,13H2,1-5H3;1-7H,13H2;2*1H;/q;;;;;+2/p-2. The summed E-state index contributed by atoms with van der Waals surface area (Å²) in [5.74, 6) is 0.879. The van der Waals surface area contributed by atoms with Gasteiger partial charge in [0.15, 0.2) is 0 Å². The molecule has 1 aliphatic heterocycles. The van der Waals surface area contributed by atoms with Crippen molar-refractivity contribution < 1.29 is 16.4 Å². The normalized spacial score (nSPS) is 18.0. The molecule has 0 nitrogen and oxygen atoms in total. The van der Waals surface area contributed by atoms with E-state index >= 15 is 0 Å². The third kappa shape index (κ3) is 7.32.